The van der Waals surface area contributed by atoms with E-state index >= 15 is 0 Å². The van der Waals surface area contributed by atoms with E-state index in [1.54, 1.807) is 21.9 Å². The number of aliphatic hydroxyl groups is 1. The fourth-order valence-electron chi connectivity index (χ4n) is 7.55. The maximum Gasteiger partial charge on any atom is 0.312 e. The third kappa shape index (κ3) is 6.03. The van der Waals surface area contributed by atoms with Gasteiger partial charge in [-0.15, -0.1) is 13.2 Å². The summed E-state index contributed by atoms with van der Waals surface area (Å²) in [6.45, 7) is 14.4. The molecule has 4 rings (SSSR count). The van der Waals surface area contributed by atoms with Crippen molar-refractivity contribution in [1.29, 1.82) is 0 Å². The zero-order chi connectivity index (χ0) is 31.4. The van der Waals surface area contributed by atoms with Crippen molar-refractivity contribution < 1.29 is 29.0 Å². The van der Waals surface area contributed by atoms with Crippen LogP contribution in [0.5, 0.6) is 0 Å². The molecule has 1 N–H and O–H groups in total. The average molecular weight is 615 g/mol. The van der Waals surface area contributed by atoms with Gasteiger partial charge in [0.2, 0.25) is 5.91 Å². The van der Waals surface area contributed by atoms with Crippen LogP contribution in [-0.4, -0.2) is 71.3 Å². The summed E-state index contributed by atoms with van der Waals surface area (Å²) < 4.78 is 12.6. The van der Waals surface area contributed by atoms with Crippen LogP contribution in [-0.2, 0) is 23.9 Å². The predicted molar refractivity (Wildman–Crippen MR) is 168 cm³/mol. The van der Waals surface area contributed by atoms with Crippen LogP contribution in [0.3, 0.4) is 0 Å². The fourth-order valence-corrected chi connectivity index (χ4v) is 7.87. The molecule has 1 aromatic carbocycles. The van der Waals surface area contributed by atoms with Crippen LogP contribution >= 0.6 is 11.6 Å². The maximum atomic E-state index is 14.8. The monoisotopic (exact) mass is 614 g/mol. The van der Waals surface area contributed by atoms with Crippen LogP contribution in [0.2, 0.25) is 5.02 Å². The molecule has 2 amide bonds. The largest absolute Gasteiger partial charge is 0.465 e. The first-order valence-electron chi connectivity index (χ1n) is 15.7. The van der Waals surface area contributed by atoms with Crippen molar-refractivity contribution in [2.24, 2.45) is 17.8 Å². The van der Waals surface area contributed by atoms with Crippen molar-refractivity contribution in [3.63, 3.8) is 0 Å². The number of carbonyl (C=O) groups is 3. The number of aryl methyl sites for hydroxylation is 1. The number of hydrogen-bond acceptors (Lipinski definition) is 6. The number of para-hydroxylation sites is 1. The number of unbranched alkanes of at least 4 members (excludes halogenated alkanes) is 5. The molecule has 3 fully saturated rings. The van der Waals surface area contributed by atoms with Crippen molar-refractivity contribution in [3.8, 4) is 0 Å². The number of nitrogens with zero attached hydrogens (tertiary/aromatic N) is 2. The molecule has 0 aliphatic carbocycles. The van der Waals surface area contributed by atoms with E-state index in [4.69, 9.17) is 21.1 Å². The van der Waals surface area contributed by atoms with E-state index in [0.717, 1.165) is 31.2 Å². The summed E-state index contributed by atoms with van der Waals surface area (Å²) in [6, 6.07) is 4.54. The first kappa shape index (κ1) is 33.2. The van der Waals surface area contributed by atoms with Gasteiger partial charge in [-0.05, 0) is 69.9 Å². The summed E-state index contributed by atoms with van der Waals surface area (Å²) in [6.07, 6.45) is 9.33. The van der Waals surface area contributed by atoms with Gasteiger partial charge in [-0.3, -0.25) is 14.4 Å². The normalized spacial score (nSPS) is 29.0. The molecule has 9 heteroatoms. The number of anilines is 1. The predicted octanol–water partition coefficient (Wildman–Crippen LogP) is 5.63. The second-order valence-corrected chi connectivity index (χ2v) is 12.9. The lowest BCUT2D eigenvalue weighted by Gasteiger charge is -2.37. The number of aliphatic hydroxyl groups excluding tert-OH is 1. The molecule has 236 valence electrons. The first-order chi connectivity index (χ1) is 20.6. The van der Waals surface area contributed by atoms with Gasteiger partial charge in [-0.2, -0.15) is 0 Å². The number of ether oxygens (including phenoxy) is 2. The molecule has 3 aliphatic heterocycles. The fraction of sp³-hybridized carbons (Fsp3) is 0.618. The Kier molecular flexibility index (Phi) is 10.8. The van der Waals surface area contributed by atoms with Crippen LogP contribution in [0.1, 0.15) is 70.8 Å². The Labute approximate surface area is 261 Å². The molecule has 43 heavy (non-hydrogen) atoms. The van der Waals surface area contributed by atoms with Crippen LogP contribution < -0.4 is 4.90 Å². The summed E-state index contributed by atoms with van der Waals surface area (Å²) in [5, 5.41) is 9.64. The third-order valence-corrected chi connectivity index (χ3v) is 10.00. The third-order valence-electron chi connectivity index (χ3n) is 9.69. The Morgan fingerprint density at radius 1 is 1.19 bits per heavy atom. The number of halogens is 1. The molecule has 3 unspecified atom stereocenters. The number of allylic oxidation sites excluding steroid dienone is 1. The van der Waals surface area contributed by atoms with E-state index in [1.165, 1.54) is 0 Å². The van der Waals surface area contributed by atoms with Gasteiger partial charge < -0.3 is 24.4 Å². The number of fused-ring (bicyclic) bond motifs is 1. The lowest BCUT2D eigenvalue weighted by molar-refractivity contribution is -0.161. The highest BCUT2D eigenvalue weighted by molar-refractivity contribution is 6.34. The molecule has 8 nitrogen and oxygen atoms in total. The van der Waals surface area contributed by atoms with Gasteiger partial charge in [0.1, 0.15) is 17.6 Å². The van der Waals surface area contributed by atoms with Gasteiger partial charge in [-0.1, -0.05) is 55.7 Å². The summed E-state index contributed by atoms with van der Waals surface area (Å²) in [7, 11) is 0. The molecule has 0 aromatic heterocycles. The van der Waals surface area contributed by atoms with E-state index in [9.17, 15) is 19.5 Å². The number of rotatable bonds is 16. The lowest BCUT2D eigenvalue weighted by atomic mass is 9.62. The van der Waals surface area contributed by atoms with Crippen molar-refractivity contribution in [2.75, 3.05) is 31.2 Å². The average Bonchev–Trinajstić information content (AvgIpc) is 3.48. The summed E-state index contributed by atoms with van der Waals surface area (Å²) in [5.74, 6) is -2.68. The number of benzene rings is 1. The molecule has 3 heterocycles. The van der Waals surface area contributed by atoms with Crippen molar-refractivity contribution >= 4 is 35.1 Å². The Morgan fingerprint density at radius 2 is 1.93 bits per heavy atom. The lowest BCUT2D eigenvalue weighted by Crippen LogP contribution is -2.57. The minimum atomic E-state index is -1.17. The molecule has 1 spiro atoms. The molecule has 3 saturated heterocycles. The summed E-state index contributed by atoms with van der Waals surface area (Å²) >= 11 is 6.66. The second kappa shape index (κ2) is 14.0. The Balaban J connectivity index is 1.73. The van der Waals surface area contributed by atoms with Crippen LogP contribution in [0.25, 0.3) is 0 Å². The molecule has 0 saturated carbocycles. The van der Waals surface area contributed by atoms with Crippen LogP contribution in [0.15, 0.2) is 43.5 Å². The molecule has 1 aromatic rings. The van der Waals surface area contributed by atoms with Gasteiger partial charge >= 0.3 is 5.97 Å². The summed E-state index contributed by atoms with van der Waals surface area (Å²) in [5.41, 5.74) is -0.708. The molecule has 0 radical (unpaired) electrons. The van der Waals surface area contributed by atoms with E-state index < -0.39 is 35.0 Å². The number of esters is 1. The standard InChI is InChI=1S/C34H47ClN2O6/c1-6-8-9-14-21-42-32(41)27-26-30(39)37(19-12-10-11-13-20-38)29(34(26)22-24(4)33(27,5)43-34)31(40)36(18-7-2)28-23(3)16-15-17-25(28)35/h6-7,15-17,24,26-27,29,38H,1-2,8-14,18-22H2,3-5H3/t24?,26-,27+,29?,33-,34?/m0/s1. The van der Waals surface area contributed by atoms with E-state index in [1.807, 2.05) is 39.0 Å². The van der Waals surface area contributed by atoms with Crippen molar-refractivity contribution in [2.45, 2.75) is 89.4 Å². The summed E-state index contributed by atoms with van der Waals surface area (Å²) in [4.78, 5) is 46.2. The van der Waals surface area contributed by atoms with E-state index in [-0.39, 0.29) is 37.5 Å². The van der Waals surface area contributed by atoms with Gasteiger partial charge in [0.15, 0.2) is 0 Å². The van der Waals surface area contributed by atoms with Gasteiger partial charge in [-0.25, -0.2) is 0 Å². The van der Waals surface area contributed by atoms with Gasteiger partial charge in [0.05, 0.1) is 28.8 Å². The number of hydrogen-bond donors (Lipinski definition) is 1. The highest BCUT2D eigenvalue weighted by Gasteiger charge is 2.80. The Hall–Kier alpha value is -2.68. The van der Waals surface area contributed by atoms with E-state index in [2.05, 4.69) is 13.2 Å². The zero-order valence-electron chi connectivity index (χ0n) is 25.9. The zero-order valence-corrected chi connectivity index (χ0v) is 26.6. The number of carbonyl (C=O) groups excluding carboxylic acids is 3. The molecule has 6 atom stereocenters. The number of likely N-dealkylation sites (tertiary alicyclic amines) is 1. The van der Waals surface area contributed by atoms with Gasteiger partial charge in [0.25, 0.3) is 5.91 Å². The Bertz CT molecular complexity index is 1200. The number of amides is 2. The minimum Gasteiger partial charge on any atom is -0.465 e. The quantitative estimate of drug-likeness (QED) is 0.147. The van der Waals surface area contributed by atoms with Crippen LogP contribution in [0, 0.1) is 24.7 Å². The van der Waals surface area contributed by atoms with Crippen LogP contribution in [0.4, 0.5) is 5.69 Å². The smallest absolute Gasteiger partial charge is 0.312 e. The molecular formula is C34H47ClN2O6. The van der Waals surface area contributed by atoms with Crippen molar-refractivity contribution in [1.82, 2.24) is 4.90 Å². The minimum absolute atomic E-state index is 0.0791. The first-order valence-corrected chi connectivity index (χ1v) is 16.0. The second-order valence-electron chi connectivity index (χ2n) is 12.5. The molecular weight excluding hydrogens is 568 g/mol. The van der Waals surface area contributed by atoms with E-state index in [0.29, 0.717) is 42.9 Å². The SMILES string of the molecule is C=CCCCCOC(=O)[C@H]1[C@H]2C(=O)N(CCCCCCO)C(C(=O)N(CC=C)c3c(C)cccc3Cl)C23CC(C)[C@]1(C)O3. The van der Waals surface area contributed by atoms with Gasteiger partial charge in [0, 0.05) is 19.7 Å². The highest BCUT2D eigenvalue weighted by atomic mass is 35.5. The highest BCUT2D eigenvalue weighted by Crippen LogP contribution is 2.65. The van der Waals surface area contributed by atoms with Crippen molar-refractivity contribution in [3.05, 3.63) is 54.1 Å². The Morgan fingerprint density at radius 3 is 2.60 bits per heavy atom. The molecule has 3 aliphatic rings. The molecule has 2 bridgehead atoms. The maximum absolute atomic E-state index is 14.8. The topological polar surface area (TPSA) is 96.4 Å².